The number of benzene rings is 2. The van der Waals surface area contributed by atoms with Crippen LogP contribution in [0.15, 0.2) is 48.5 Å². The smallest absolute Gasteiger partial charge is 0.338 e. The number of carbonyl (C=O) groups is 1. The van der Waals surface area contributed by atoms with Crippen molar-refractivity contribution >= 4 is 11.5 Å². The van der Waals surface area contributed by atoms with Crippen molar-refractivity contribution in [2.45, 2.75) is 13.5 Å². The van der Waals surface area contributed by atoms with Crippen LogP contribution in [0.4, 0.5) is 4.39 Å². The molecule has 2 aromatic carbocycles. The predicted octanol–water partition coefficient (Wildman–Crippen LogP) is 3.69. The summed E-state index contributed by atoms with van der Waals surface area (Å²) < 4.78 is 23.6. The maximum atomic E-state index is 13.3. The maximum absolute atomic E-state index is 13.3. The Balaban J connectivity index is 2.25. The molecule has 0 amide bonds. The molecule has 0 heterocycles. The summed E-state index contributed by atoms with van der Waals surface area (Å²) in [6.45, 7) is 1.86. The highest BCUT2D eigenvalue weighted by Gasteiger charge is 2.15. The largest absolute Gasteiger partial charge is 0.508 e. The number of aromatic hydroxyl groups is 1. The number of carbonyl (C=O) groups excluding carboxylic acids is 1. The number of ether oxygens (including phenoxy) is 2. The number of phenolic OH excluding ortho intramolecular Hbond substituents is 1. The van der Waals surface area contributed by atoms with Gasteiger partial charge in [-0.05, 0) is 18.1 Å². The third kappa shape index (κ3) is 4.10. The number of hydrogen-bond acceptors (Lipinski definition) is 4. The zero-order valence-electron chi connectivity index (χ0n) is 12.9. The number of esters is 1. The lowest BCUT2D eigenvalue weighted by atomic mass is 10.00. The van der Waals surface area contributed by atoms with Crippen LogP contribution < -0.4 is 4.74 Å². The minimum atomic E-state index is -0.586. The molecule has 0 fully saturated rings. The lowest BCUT2D eigenvalue weighted by Gasteiger charge is -2.13. The van der Waals surface area contributed by atoms with Gasteiger partial charge in [-0.2, -0.15) is 0 Å². The van der Waals surface area contributed by atoms with Gasteiger partial charge in [0.05, 0.1) is 12.7 Å². The minimum absolute atomic E-state index is 0.118. The first-order valence-corrected chi connectivity index (χ1v) is 7.00. The molecule has 0 aromatic heterocycles. The van der Waals surface area contributed by atoms with Gasteiger partial charge in [0.2, 0.25) is 0 Å². The topological polar surface area (TPSA) is 55.8 Å². The Morgan fingerprint density at radius 1 is 1.26 bits per heavy atom. The van der Waals surface area contributed by atoms with Crippen LogP contribution in [0.25, 0.3) is 5.57 Å². The van der Waals surface area contributed by atoms with Crippen LogP contribution >= 0.6 is 0 Å². The third-order valence-corrected chi connectivity index (χ3v) is 3.25. The fraction of sp³-hybridized carbons (Fsp3) is 0.167. The molecule has 4 nitrogen and oxygen atoms in total. The van der Waals surface area contributed by atoms with E-state index in [-0.39, 0.29) is 18.1 Å². The van der Waals surface area contributed by atoms with Crippen molar-refractivity contribution in [3.05, 3.63) is 65.5 Å². The normalized spacial score (nSPS) is 11.2. The van der Waals surface area contributed by atoms with E-state index in [0.717, 1.165) is 11.6 Å². The van der Waals surface area contributed by atoms with Gasteiger partial charge in [0.15, 0.2) is 0 Å². The van der Waals surface area contributed by atoms with E-state index in [1.807, 2.05) is 6.07 Å². The second-order valence-corrected chi connectivity index (χ2v) is 4.78. The monoisotopic (exact) mass is 316 g/mol. The van der Waals surface area contributed by atoms with Gasteiger partial charge >= 0.3 is 5.97 Å². The predicted molar refractivity (Wildman–Crippen MR) is 84.5 cm³/mol. The van der Waals surface area contributed by atoms with E-state index in [2.05, 4.69) is 0 Å². The molecular weight excluding hydrogens is 299 g/mol. The second kappa shape index (κ2) is 7.45. The first-order chi connectivity index (χ1) is 11.0. The summed E-state index contributed by atoms with van der Waals surface area (Å²) in [5, 5.41) is 9.39. The fourth-order valence-corrected chi connectivity index (χ4v) is 2.19. The number of hydrogen-bond donors (Lipinski definition) is 1. The lowest BCUT2D eigenvalue weighted by molar-refractivity contribution is -0.133. The van der Waals surface area contributed by atoms with Crippen LogP contribution in [0.5, 0.6) is 11.5 Å². The SMILES string of the molecule is CC=C(C(=O)OC)c1ccccc1COc1cc(O)cc(F)c1. The van der Waals surface area contributed by atoms with Crippen molar-refractivity contribution in [3.63, 3.8) is 0 Å². The van der Waals surface area contributed by atoms with Crippen LogP contribution in [0.2, 0.25) is 0 Å². The molecule has 0 spiro atoms. The molecule has 0 aliphatic heterocycles. The minimum Gasteiger partial charge on any atom is -0.508 e. The number of halogens is 1. The highest BCUT2D eigenvalue weighted by atomic mass is 19.1. The summed E-state index contributed by atoms with van der Waals surface area (Å²) in [5.74, 6) is -1.03. The molecule has 1 N–H and O–H groups in total. The van der Waals surface area contributed by atoms with Crippen molar-refractivity contribution in [1.82, 2.24) is 0 Å². The van der Waals surface area contributed by atoms with Crippen molar-refractivity contribution in [2.75, 3.05) is 7.11 Å². The Labute approximate surface area is 133 Å². The van der Waals surface area contributed by atoms with Crippen LogP contribution in [0, 0.1) is 5.82 Å². The molecular formula is C18H17FO4. The van der Waals surface area contributed by atoms with E-state index in [4.69, 9.17) is 9.47 Å². The van der Waals surface area contributed by atoms with Gasteiger partial charge in [0.25, 0.3) is 0 Å². The average Bonchev–Trinajstić information content (AvgIpc) is 2.53. The van der Waals surface area contributed by atoms with Crippen LogP contribution in [-0.2, 0) is 16.1 Å². The highest BCUT2D eigenvalue weighted by Crippen LogP contribution is 2.25. The number of rotatable bonds is 5. The molecule has 0 aliphatic rings. The standard InChI is InChI=1S/C18H17FO4/c1-3-16(18(21)22-2)17-7-5-4-6-12(17)11-23-15-9-13(19)8-14(20)10-15/h3-10,20H,11H2,1-2H3. The van der Waals surface area contributed by atoms with Crippen LogP contribution in [0.1, 0.15) is 18.1 Å². The summed E-state index contributed by atoms with van der Waals surface area (Å²) in [4.78, 5) is 11.8. The Kier molecular flexibility index (Phi) is 5.36. The summed E-state index contributed by atoms with van der Waals surface area (Å²) in [7, 11) is 1.32. The van der Waals surface area contributed by atoms with E-state index >= 15 is 0 Å². The molecule has 0 atom stereocenters. The van der Waals surface area contributed by atoms with E-state index in [1.54, 1.807) is 31.2 Å². The summed E-state index contributed by atoms with van der Waals surface area (Å²) >= 11 is 0. The third-order valence-electron chi connectivity index (χ3n) is 3.25. The number of allylic oxidation sites excluding steroid dienone is 1. The van der Waals surface area contributed by atoms with Gasteiger partial charge in [-0.15, -0.1) is 0 Å². The molecule has 120 valence electrons. The van der Waals surface area contributed by atoms with Crippen LogP contribution in [0.3, 0.4) is 0 Å². The summed E-state index contributed by atoms with van der Waals surface area (Å²) in [6, 6.07) is 10.7. The molecule has 2 rings (SSSR count). The van der Waals surface area contributed by atoms with E-state index in [9.17, 15) is 14.3 Å². The Morgan fingerprint density at radius 2 is 2.00 bits per heavy atom. The molecule has 2 aromatic rings. The lowest BCUT2D eigenvalue weighted by Crippen LogP contribution is -2.07. The number of phenols is 1. The molecule has 0 radical (unpaired) electrons. The summed E-state index contributed by atoms with van der Waals surface area (Å²) in [5.41, 5.74) is 1.85. The van der Waals surface area contributed by atoms with E-state index in [1.165, 1.54) is 19.2 Å². The first kappa shape index (κ1) is 16.5. The maximum Gasteiger partial charge on any atom is 0.338 e. The van der Waals surface area contributed by atoms with Gasteiger partial charge < -0.3 is 14.6 Å². The molecule has 23 heavy (non-hydrogen) atoms. The van der Waals surface area contributed by atoms with Crippen molar-refractivity contribution in [1.29, 1.82) is 0 Å². The molecule has 0 aliphatic carbocycles. The molecule has 0 unspecified atom stereocenters. The van der Waals surface area contributed by atoms with Gasteiger partial charge in [-0.3, -0.25) is 0 Å². The fourth-order valence-electron chi connectivity index (χ4n) is 2.19. The molecule has 0 bridgehead atoms. The van der Waals surface area contributed by atoms with Gasteiger partial charge in [-0.1, -0.05) is 30.3 Å². The first-order valence-electron chi connectivity index (χ1n) is 7.00. The average molecular weight is 316 g/mol. The highest BCUT2D eigenvalue weighted by molar-refractivity contribution is 6.16. The quantitative estimate of drug-likeness (QED) is 0.675. The zero-order chi connectivity index (χ0) is 16.8. The molecule has 0 saturated carbocycles. The van der Waals surface area contributed by atoms with Crippen molar-refractivity contribution in [3.8, 4) is 11.5 Å². The van der Waals surface area contributed by atoms with Crippen molar-refractivity contribution in [2.24, 2.45) is 0 Å². The van der Waals surface area contributed by atoms with Crippen molar-refractivity contribution < 1.29 is 23.8 Å². The van der Waals surface area contributed by atoms with Crippen LogP contribution in [-0.4, -0.2) is 18.2 Å². The van der Waals surface area contributed by atoms with Gasteiger partial charge in [-0.25, -0.2) is 9.18 Å². The number of methoxy groups -OCH3 is 1. The van der Waals surface area contributed by atoms with Gasteiger partial charge in [0.1, 0.15) is 23.9 Å². The van der Waals surface area contributed by atoms with E-state index in [0.29, 0.717) is 11.1 Å². The Morgan fingerprint density at radius 3 is 2.65 bits per heavy atom. The molecule has 5 heteroatoms. The second-order valence-electron chi connectivity index (χ2n) is 4.78. The zero-order valence-corrected chi connectivity index (χ0v) is 12.9. The van der Waals surface area contributed by atoms with E-state index < -0.39 is 11.8 Å². The molecule has 0 saturated heterocycles. The Hall–Kier alpha value is -2.82. The Bertz CT molecular complexity index is 717. The summed E-state index contributed by atoms with van der Waals surface area (Å²) in [6.07, 6.45) is 1.67. The van der Waals surface area contributed by atoms with Gasteiger partial charge in [0, 0.05) is 18.2 Å².